The van der Waals surface area contributed by atoms with E-state index in [1.165, 1.54) is 19.3 Å². The number of phosphoric ester groups is 1. The molecule has 0 N–H and O–H groups in total. The molecule has 3 rings (SSSR count). The molecule has 26 heavy (non-hydrogen) atoms. The second kappa shape index (κ2) is 9.54. The first kappa shape index (κ1) is 20.8. The molecule has 3 aliphatic carbocycles. The van der Waals surface area contributed by atoms with Crippen molar-refractivity contribution in [1.29, 1.82) is 0 Å². The van der Waals surface area contributed by atoms with Gasteiger partial charge in [0.15, 0.2) is 0 Å². The molecule has 0 heterocycles. The standard InChI is InChI=1S/C21H39O4P/c1-16-7-4-10-19(13-16)23-26(22,24-20-11-5-8-17(2)14-20)25-21-12-6-9-18(3)15-21/h16-21H,4-15H2,1-3H3. The highest BCUT2D eigenvalue weighted by Gasteiger charge is 2.39. The Morgan fingerprint density at radius 2 is 0.885 bits per heavy atom. The maximum atomic E-state index is 13.7. The third-order valence-electron chi connectivity index (χ3n) is 6.50. The van der Waals surface area contributed by atoms with Crippen LogP contribution in [0, 0.1) is 17.8 Å². The molecule has 0 aliphatic heterocycles. The molecule has 0 amide bonds. The molecule has 0 aromatic rings. The van der Waals surface area contributed by atoms with Crippen LogP contribution in [0.25, 0.3) is 0 Å². The molecule has 3 fully saturated rings. The van der Waals surface area contributed by atoms with Crippen LogP contribution in [0.2, 0.25) is 0 Å². The van der Waals surface area contributed by atoms with Crippen LogP contribution in [0.3, 0.4) is 0 Å². The lowest BCUT2D eigenvalue weighted by atomic mass is 9.89. The van der Waals surface area contributed by atoms with Gasteiger partial charge in [-0.3, -0.25) is 13.6 Å². The zero-order valence-electron chi connectivity index (χ0n) is 17.0. The molecule has 0 spiro atoms. The predicted octanol–water partition coefficient (Wildman–Crippen LogP) is 6.88. The van der Waals surface area contributed by atoms with Crippen molar-refractivity contribution < 1.29 is 18.1 Å². The average molecular weight is 387 g/mol. The van der Waals surface area contributed by atoms with Crippen molar-refractivity contribution in [3.8, 4) is 0 Å². The van der Waals surface area contributed by atoms with E-state index in [1.54, 1.807) is 0 Å². The van der Waals surface area contributed by atoms with Gasteiger partial charge >= 0.3 is 7.82 Å². The molecule has 6 unspecified atom stereocenters. The second-order valence-electron chi connectivity index (χ2n) is 9.44. The topological polar surface area (TPSA) is 44.8 Å². The van der Waals surface area contributed by atoms with E-state index in [0.717, 1.165) is 57.8 Å². The van der Waals surface area contributed by atoms with Crippen molar-refractivity contribution in [1.82, 2.24) is 0 Å². The minimum Gasteiger partial charge on any atom is -0.284 e. The van der Waals surface area contributed by atoms with Crippen LogP contribution in [0.15, 0.2) is 0 Å². The molecule has 152 valence electrons. The van der Waals surface area contributed by atoms with Gasteiger partial charge in [0.05, 0.1) is 18.3 Å². The summed E-state index contributed by atoms with van der Waals surface area (Å²) < 4.78 is 32.1. The van der Waals surface area contributed by atoms with Crippen LogP contribution >= 0.6 is 7.82 Å². The molecule has 3 saturated carbocycles. The first-order valence-corrected chi connectivity index (χ1v) is 12.5. The van der Waals surface area contributed by atoms with Gasteiger partial charge in [-0.1, -0.05) is 59.3 Å². The largest absolute Gasteiger partial charge is 0.475 e. The van der Waals surface area contributed by atoms with E-state index < -0.39 is 7.82 Å². The summed E-state index contributed by atoms with van der Waals surface area (Å²) >= 11 is 0. The van der Waals surface area contributed by atoms with Gasteiger partial charge in [0.25, 0.3) is 0 Å². The molecule has 0 aromatic heterocycles. The van der Waals surface area contributed by atoms with E-state index >= 15 is 0 Å². The highest BCUT2D eigenvalue weighted by Crippen LogP contribution is 2.57. The fourth-order valence-electron chi connectivity index (χ4n) is 5.04. The fourth-order valence-corrected chi connectivity index (χ4v) is 6.86. The maximum absolute atomic E-state index is 13.7. The van der Waals surface area contributed by atoms with E-state index in [1.807, 2.05) is 0 Å². The summed E-state index contributed by atoms with van der Waals surface area (Å²) in [6.45, 7) is 6.77. The van der Waals surface area contributed by atoms with Gasteiger partial charge in [-0.25, -0.2) is 4.57 Å². The summed E-state index contributed by atoms with van der Waals surface area (Å²) in [5, 5.41) is 0. The second-order valence-corrected chi connectivity index (χ2v) is 11.0. The van der Waals surface area contributed by atoms with Gasteiger partial charge in [0.1, 0.15) is 0 Å². The van der Waals surface area contributed by atoms with Gasteiger partial charge < -0.3 is 0 Å². The Morgan fingerprint density at radius 1 is 0.577 bits per heavy atom. The summed E-state index contributed by atoms with van der Waals surface area (Å²) in [5.74, 6) is 1.89. The smallest absolute Gasteiger partial charge is 0.284 e. The van der Waals surface area contributed by atoms with Gasteiger partial charge in [0, 0.05) is 0 Å². The minimum absolute atomic E-state index is 0.0200. The Morgan fingerprint density at radius 3 is 1.15 bits per heavy atom. The number of phosphoric acid groups is 1. The highest BCUT2D eigenvalue weighted by atomic mass is 31.2. The lowest BCUT2D eigenvalue weighted by Gasteiger charge is -2.35. The zero-order chi connectivity index (χ0) is 18.6. The van der Waals surface area contributed by atoms with Crippen molar-refractivity contribution in [3.63, 3.8) is 0 Å². The van der Waals surface area contributed by atoms with Gasteiger partial charge in [0.2, 0.25) is 0 Å². The summed E-state index contributed by atoms with van der Waals surface area (Å²) in [6.07, 6.45) is 13.1. The zero-order valence-corrected chi connectivity index (χ0v) is 17.9. The molecule has 0 radical (unpaired) electrons. The third-order valence-corrected chi connectivity index (χ3v) is 8.17. The van der Waals surface area contributed by atoms with Crippen LogP contribution in [0.1, 0.15) is 97.8 Å². The van der Waals surface area contributed by atoms with Crippen LogP contribution < -0.4 is 0 Å². The molecule has 0 bridgehead atoms. The normalized spacial score (nSPS) is 41.5. The van der Waals surface area contributed by atoms with Crippen LogP contribution in [0.5, 0.6) is 0 Å². The number of rotatable bonds is 6. The monoisotopic (exact) mass is 386 g/mol. The van der Waals surface area contributed by atoms with Crippen molar-refractivity contribution >= 4 is 7.82 Å². The van der Waals surface area contributed by atoms with Crippen LogP contribution in [-0.4, -0.2) is 18.3 Å². The summed E-state index contributed by atoms with van der Waals surface area (Å²) in [4.78, 5) is 0. The Kier molecular flexibility index (Phi) is 7.65. The van der Waals surface area contributed by atoms with Crippen molar-refractivity contribution in [2.75, 3.05) is 0 Å². The Bertz CT molecular complexity index is 416. The number of hydrogen-bond acceptors (Lipinski definition) is 4. The molecule has 0 saturated heterocycles. The van der Waals surface area contributed by atoms with Crippen LogP contribution in [-0.2, 0) is 18.1 Å². The highest BCUT2D eigenvalue weighted by molar-refractivity contribution is 7.48. The minimum atomic E-state index is -3.50. The fraction of sp³-hybridized carbons (Fsp3) is 1.00. The quantitative estimate of drug-likeness (QED) is 0.467. The molecule has 3 aliphatic rings. The third kappa shape index (κ3) is 6.33. The summed E-state index contributed by atoms with van der Waals surface area (Å²) in [5.41, 5.74) is 0. The number of hydrogen-bond donors (Lipinski definition) is 0. The summed E-state index contributed by atoms with van der Waals surface area (Å²) in [6, 6.07) is 0. The van der Waals surface area contributed by atoms with Gasteiger partial charge in [-0.2, -0.15) is 0 Å². The Hall–Kier alpha value is 0.110. The predicted molar refractivity (Wildman–Crippen MR) is 105 cm³/mol. The first-order chi connectivity index (χ1) is 12.4. The maximum Gasteiger partial charge on any atom is 0.475 e. The molecule has 6 atom stereocenters. The molecule has 5 heteroatoms. The van der Waals surface area contributed by atoms with Crippen molar-refractivity contribution in [2.24, 2.45) is 17.8 Å². The van der Waals surface area contributed by atoms with Crippen molar-refractivity contribution in [3.05, 3.63) is 0 Å². The van der Waals surface area contributed by atoms with E-state index in [9.17, 15) is 4.57 Å². The average Bonchev–Trinajstić information content (AvgIpc) is 2.54. The lowest BCUT2D eigenvalue weighted by Crippen LogP contribution is -2.28. The van der Waals surface area contributed by atoms with Gasteiger partial charge in [-0.15, -0.1) is 0 Å². The van der Waals surface area contributed by atoms with Gasteiger partial charge in [-0.05, 0) is 56.3 Å². The first-order valence-electron chi connectivity index (χ1n) is 11.1. The van der Waals surface area contributed by atoms with E-state index in [0.29, 0.717) is 17.8 Å². The molecule has 0 aromatic carbocycles. The molecule has 4 nitrogen and oxygen atoms in total. The van der Waals surface area contributed by atoms with E-state index in [-0.39, 0.29) is 18.3 Å². The molecular weight excluding hydrogens is 347 g/mol. The van der Waals surface area contributed by atoms with Crippen molar-refractivity contribution in [2.45, 2.75) is 116 Å². The summed E-state index contributed by atoms with van der Waals surface area (Å²) in [7, 11) is -3.50. The Balaban J connectivity index is 1.65. The lowest BCUT2D eigenvalue weighted by molar-refractivity contribution is -0.00558. The van der Waals surface area contributed by atoms with E-state index in [4.69, 9.17) is 13.6 Å². The van der Waals surface area contributed by atoms with E-state index in [2.05, 4.69) is 20.8 Å². The Labute approximate surface area is 160 Å². The SMILES string of the molecule is CC1CCCC(OP(=O)(OC2CCCC(C)C2)OC2CCCC(C)C2)C1. The van der Waals surface area contributed by atoms with Crippen LogP contribution in [0.4, 0.5) is 0 Å². The molecular formula is C21H39O4P.